The molecule has 3 aliphatic rings. The number of carboxylic acids is 1. The van der Waals surface area contributed by atoms with E-state index in [0.717, 1.165) is 51.9 Å². The Bertz CT molecular complexity index is 2080. The first-order valence-electron chi connectivity index (χ1n) is 39.2. The van der Waals surface area contributed by atoms with Gasteiger partial charge in [-0.2, -0.15) is 0 Å². The third kappa shape index (κ3) is 36.7. The van der Waals surface area contributed by atoms with Crippen molar-refractivity contribution >= 4 is 17.8 Å². The van der Waals surface area contributed by atoms with Gasteiger partial charge in [-0.25, -0.2) is 4.79 Å². The Morgan fingerprint density at radius 2 is 0.949 bits per heavy atom. The first-order chi connectivity index (χ1) is 47.9. The van der Waals surface area contributed by atoms with Crippen molar-refractivity contribution in [2.24, 2.45) is 0 Å². The fraction of sp³-hybridized carbons (Fsp3) is 0.908. The molecule has 0 aromatic heterocycles. The van der Waals surface area contributed by atoms with Crippen molar-refractivity contribution in [3.05, 3.63) is 24.3 Å². The number of hydrogen-bond acceptors (Lipinski definition) is 20. The van der Waals surface area contributed by atoms with Crippen LogP contribution in [0.1, 0.15) is 303 Å². The van der Waals surface area contributed by atoms with Gasteiger partial charge in [0.25, 0.3) is 5.79 Å². The highest BCUT2D eigenvalue weighted by atomic mass is 16.8. The van der Waals surface area contributed by atoms with E-state index in [9.17, 15) is 75.7 Å². The largest absolute Gasteiger partial charge is 0.477 e. The van der Waals surface area contributed by atoms with Crippen molar-refractivity contribution in [2.75, 3.05) is 26.4 Å². The van der Waals surface area contributed by atoms with E-state index < -0.39 is 155 Å². The molecule has 0 bridgehead atoms. The number of unbranched alkanes of at least 4 members (excludes halogenated alkanes) is 39. The van der Waals surface area contributed by atoms with Crippen LogP contribution in [0.3, 0.4) is 0 Å². The van der Waals surface area contributed by atoms with Crippen LogP contribution in [0.2, 0.25) is 0 Å². The Kier molecular flexibility index (Phi) is 50.8. The average Bonchev–Trinajstić information content (AvgIpc) is 0.757. The molecule has 580 valence electrons. The first kappa shape index (κ1) is 90.4. The Morgan fingerprint density at radius 3 is 1.37 bits per heavy atom. The maximum atomic E-state index is 13.5. The summed E-state index contributed by atoms with van der Waals surface area (Å²) < 4.78 is 34.9. The average molecular weight is 1420 g/mol. The molecule has 0 aliphatic carbocycles. The van der Waals surface area contributed by atoms with Crippen molar-refractivity contribution in [3.63, 3.8) is 0 Å². The lowest BCUT2D eigenvalue weighted by molar-refractivity contribution is -0.386. The lowest BCUT2D eigenvalue weighted by Gasteiger charge is -2.50. The second-order valence-electron chi connectivity index (χ2n) is 28.6. The molecule has 18 atom stereocenters. The van der Waals surface area contributed by atoms with Gasteiger partial charge in [-0.15, -0.1) is 0 Å². The molecule has 0 aromatic rings. The van der Waals surface area contributed by atoms with E-state index in [0.29, 0.717) is 12.8 Å². The number of amides is 2. The van der Waals surface area contributed by atoms with Crippen molar-refractivity contribution in [3.8, 4) is 0 Å². The SMILES string of the molecule is CCCCCCCCCCCCCC/C=C\CCCCCCCCCCCCCC(=O)NC(COC1OC(CO)C(OC2OC(CO)C(O)C(OC3(C(=O)O)CC(O)C(NC(C)=O)C(C(O)C(O)CO)O3)C2O)C(O)C1O)C(O)/C=C/CCCCCCCCCCCCCCCCCC. The van der Waals surface area contributed by atoms with Gasteiger partial charge in [-0.1, -0.05) is 263 Å². The van der Waals surface area contributed by atoms with Crippen LogP contribution < -0.4 is 10.6 Å². The summed E-state index contributed by atoms with van der Waals surface area (Å²) in [6.45, 7) is 2.18. The molecule has 0 saturated carbocycles. The first-order valence-corrected chi connectivity index (χ1v) is 39.2. The van der Waals surface area contributed by atoms with Gasteiger partial charge in [0.05, 0.1) is 50.7 Å². The fourth-order valence-electron chi connectivity index (χ4n) is 13.6. The number of allylic oxidation sites excluding steroid dienone is 3. The number of carbonyl (C=O) groups excluding carboxylic acids is 2. The molecule has 3 heterocycles. The van der Waals surface area contributed by atoms with Gasteiger partial charge in [-0.3, -0.25) is 9.59 Å². The van der Waals surface area contributed by atoms with Crippen molar-refractivity contribution in [1.82, 2.24) is 10.6 Å². The van der Waals surface area contributed by atoms with Gasteiger partial charge in [0.15, 0.2) is 12.6 Å². The van der Waals surface area contributed by atoms with Gasteiger partial charge in [0.1, 0.15) is 67.1 Å². The zero-order valence-corrected chi connectivity index (χ0v) is 61.1. The maximum Gasteiger partial charge on any atom is 0.364 e. The smallest absolute Gasteiger partial charge is 0.364 e. The van der Waals surface area contributed by atoms with E-state index in [1.54, 1.807) is 6.08 Å². The monoisotopic (exact) mass is 1420 g/mol. The number of carboxylic acid groups (broad SMARTS) is 1. The zero-order chi connectivity index (χ0) is 72.5. The molecule has 3 saturated heterocycles. The van der Waals surface area contributed by atoms with Gasteiger partial charge in [0.2, 0.25) is 11.8 Å². The van der Waals surface area contributed by atoms with Crippen LogP contribution in [0.4, 0.5) is 0 Å². The van der Waals surface area contributed by atoms with Crippen LogP contribution >= 0.6 is 0 Å². The molecule has 3 fully saturated rings. The third-order valence-electron chi connectivity index (χ3n) is 19.9. The number of nitrogens with one attached hydrogen (secondary N) is 2. The molecule has 3 rings (SSSR count). The number of aliphatic carboxylic acids is 1. The van der Waals surface area contributed by atoms with Crippen LogP contribution in [-0.4, -0.2) is 215 Å². The van der Waals surface area contributed by atoms with E-state index in [2.05, 4.69) is 36.6 Å². The van der Waals surface area contributed by atoms with Gasteiger partial charge in [0, 0.05) is 19.8 Å². The number of aliphatic hydroxyl groups is 11. The molecule has 0 aromatic carbocycles. The molecule has 14 N–H and O–H groups in total. The van der Waals surface area contributed by atoms with Crippen LogP contribution in [-0.2, 0) is 42.8 Å². The van der Waals surface area contributed by atoms with Crippen molar-refractivity contribution in [1.29, 1.82) is 0 Å². The minimum absolute atomic E-state index is 0.201. The molecule has 3 aliphatic heterocycles. The summed E-state index contributed by atoms with van der Waals surface area (Å²) in [4.78, 5) is 38.7. The molecule has 18 unspecified atom stereocenters. The van der Waals surface area contributed by atoms with Gasteiger partial charge in [-0.05, 0) is 44.9 Å². The Labute approximate surface area is 594 Å². The minimum Gasteiger partial charge on any atom is -0.477 e. The highest BCUT2D eigenvalue weighted by Crippen LogP contribution is 2.39. The molecule has 23 nitrogen and oxygen atoms in total. The molecule has 0 radical (unpaired) electrons. The number of hydrogen-bond donors (Lipinski definition) is 14. The second-order valence-corrected chi connectivity index (χ2v) is 28.6. The summed E-state index contributed by atoms with van der Waals surface area (Å²) >= 11 is 0. The van der Waals surface area contributed by atoms with Crippen molar-refractivity contribution < 1.29 is 104 Å². The number of ether oxygens (including phenoxy) is 6. The molecular weight excluding hydrogens is 1280 g/mol. The van der Waals surface area contributed by atoms with Crippen LogP contribution in [0.15, 0.2) is 24.3 Å². The predicted molar refractivity (Wildman–Crippen MR) is 380 cm³/mol. The summed E-state index contributed by atoms with van der Waals surface area (Å²) in [6, 6.07) is -2.62. The van der Waals surface area contributed by atoms with Gasteiger partial charge < -0.3 is 100 Å². The Hall–Kier alpha value is -2.79. The standard InChI is InChI=1S/C76H140N2O21/c1-4-6-8-10-12-14-16-18-20-22-24-25-26-27-28-29-30-31-32-34-36-38-40-42-44-46-48-50-63(86)78-57(58(83)49-47-45-43-41-39-37-35-33-23-21-19-17-15-13-11-9-7-5-2)55-94-73-68(90)67(89)70(62(54-81)96-73)97-74-69(91)72(66(88)61(53-80)95-74)99-76(75(92)93)51-59(84)64(77-56(3)82)71(98-76)65(87)60(85)52-79/h27-28,47,49,57-62,64-74,79-81,83-85,87-91H,4-26,29-46,48,50-55H2,1-3H3,(H,77,82)(H,78,86)(H,92,93)/b28-27-,49-47+. The number of aliphatic hydroxyl groups excluding tert-OH is 11. The summed E-state index contributed by atoms with van der Waals surface area (Å²) in [5, 5.41) is 136. The van der Waals surface area contributed by atoms with E-state index in [-0.39, 0.29) is 12.3 Å². The topological polar surface area (TPSA) is 373 Å². The van der Waals surface area contributed by atoms with E-state index in [1.807, 2.05) is 6.08 Å². The predicted octanol–water partition coefficient (Wildman–Crippen LogP) is 9.57. The summed E-state index contributed by atoms with van der Waals surface area (Å²) in [5.74, 6) is -6.14. The maximum absolute atomic E-state index is 13.5. The molecule has 23 heteroatoms. The normalized spacial score (nSPS) is 27.2. The van der Waals surface area contributed by atoms with E-state index in [4.69, 9.17) is 28.4 Å². The third-order valence-corrected chi connectivity index (χ3v) is 19.9. The molecule has 99 heavy (non-hydrogen) atoms. The second kappa shape index (κ2) is 55.7. The van der Waals surface area contributed by atoms with Crippen LogP contribution in [0, 0.1) is 0 Å². The Balaban J connectivity index is 1.53. The van der Waals surface area contributed by atoms with Crippen LogP contribution in [0.25, 0.3) is 0 Å². The van der Waals surface area contributed by atoms with E-state index in [1.165, 1.54) is 212 Å². The fourth-order valence-corrected chi connectivity index (χ4v) is 13.6. The summed E-state index contributed by atoms with van der Waals surface area (Å²) in [6.07, 6.45) is 30.7. The van der Waals surface area contributed by atoms with Crippen molar-refractivity contribution in [2.45, 2.75) is 413 Å². The minimum atomic E-state index is -3.08. The lowest BCUT2D eigenvalue weighted by Crippen LogP contribution is -2.70. The quantitative estimate of drug-likeness (QED) is 0.0199. The molecule has 2 amide bonds. The van der Waals surface area contributed by atoms with Crippen LogP contribution in [0.5, 0.6) is 0 Å². The van der Waals surface area contributed by atoms with Gasteiger partial charge >= 0.3 is 5.97 Å². The number of carbonyl (C=O) groups is 3. The van der Waals surface area contributed by atoms with E-state index >= 15 is 0 Å². The molecule has 0 spiro atoms. The number of rotatable bonds is 61. The lowest BCUT2D eigenvalue weighted by atomic mass is 9.88. The summed E-state index contributed by atoms with van der Waals surface area (Å²) in [7, 11) is 0. The highest BCUT2D eigenvalue weighted by Gasteiger charge is 2.60. The zero-order valence-electron chi connectivity index (χ0n) is 61.1. The summed E-state index contributed by atoms with van der Waals surface area (Å²) in [5.41, 5.74) is 0. The highest BCUT2D eigenvalue weighted by molar-refractivity contribution is 5.77. The molecular formula is C76H140N2O21. The Morgan fingerprint density at radius 1 is 0.525 bits per heavy atom.